The number of hydrogen-bond donors (Lipinski definition) is 2. The van der Waals surface area contributed by atoms with Crippen LogP contribution in [-0.2, 0) is 4.74 Å². The van der Waals surface area contributed by atoms with Crippen molar-refractivity contribution >= 4 is 6.09 Å². The van der Waals surface area contributed by atoms with E-state index in [-0.39, 0.29) is 12.7 Å². The van der Waals surface area contributed by atoms with E-state index >= 15 is 0 Å². The van der Waals surface area contributed by atoms with Gasteiger partial charge in [0.2, 0.25) is 0 Å². The molecule has 0 aromatic carbocycles. The molecule has 0 aliphatic carbocycles. The summed E-state index contributed by atoms with van der Waals surface area (Å²) < 4.78 is 5.47. The molecule has 3 unspecified atom stereocenters. The summed E-state index contributed by atoms with van der Waals surface area (Å²) in [5.41, 5.74) is -0.437. The molecule has 1 aliphatic rings. The van der Waals surface area contributed by atoms with Crippen LogP contribution >= 0.6 is 0 Å². The molecule has 0 bridgehead atoms. The van der Waals surface area contributed by atoms with Crippen molar-refractivity contribution in [1.29, 1.82) is 0 Å². The van der Waals surface area contributed by atoms with Gasteiger partial charge in [0, 0.05) is 25.7 Å². The van der Waals surface area contributed by atoms with E-state index in [4.69, 9.17) is 9.84 Å². The van der Waals surface area contributed by atoms with Gasteiger partial charge in [-0.05, 0) is 65.3 Å². The standard InChI is InChI=1S/C17H34N2O3/c1-13(8-10-20)11-18-14(2)15-7-6-9-19(12-15)16(21)22-17(3,4)5/h13-15,18,20H,6-12H2,1-5H3. The Kier molecular flexibility index (Phi) is 7.63. The topological polar surface area (TPSA) is 61.8 Å². The van der Waals surface area contributed by atoms with E-state index in [0.29, 0.717) is 17.9 Å². The van der Waals surface area contributed by atoms with Crippen molar-refractivity contribution in [3.05, 3.63) is 0 Å². The number of piperidine rings is 1. The summed E-state index contributed by atoms with van der Waals surface area (Å²) >= 11 is 0. The molecule has 5 nitrogen and oxygen atoms in total. The molecular formula is C17H34N2O3. The van der Waals surface area contributed by atoms with E-state index in [9.17, 15) is 4.79 Å². The number of ether oxygens (including phenoxy) is 1. The minimum atomic E-state index is -0.437. The van der Waals surface area contributed by atoms with Gasteiger partial charge in [0.15, 0.2) is 0 Å². The van der Waals surface area contributed by atoms with Crippen LogP contribution in [0, 0.1) is 11.8 Å². The average Bonchev–Trinajstić information content (AvgIpc) is 2.43. The second-order valence-electron chi connectivity index (χ2n) is 7.64. The lowest BCUT2D eigenvalue weighted by Gasteiger charge is -2.37. The fraction of sp³-hybridized carbons (Fsp3) is 0.941. The van der Waals surface area contributed by atoms with Gasteiger partial charge in [-0.3, -0.25) is 0 Å². The van der Waals surface area contributed by atoms with E-state index in [1.807, 2.05) is 25.7 Å². The minimum Gasteiger partial charge on any atom is -0.444 e. The zero-order valence-corrected chi connectivity index (χ0v) is 14.9. The highest BCUT2D eigenvalue weighted by atomic mass is 16.6. The van der Waals surface area contributed by atoms with Gasteiger partial charge >= 0.3 is 6.09 Å². The Morgan fingerprint density at radius 1 is 1.41 bits per heavy atom. The summed E-state index contributed by atoms with van der Waals surface area (Å²) in [5, 5.41) is 12.5. The Balaban J connectivity index is 2.43. The van der Waals surface area contributed by atoms with E-state index in [1.54, 1.807) is 0 Å². The Morgan fingerprint density at radius 2 is 2.09 bits per heavy atom. The Labute approximate surface area is 135 Å². The summed E-state index contributed by atoms with van der Waals surface area (Å²) in [4.78, 5) is 14.0. The van der Waals surface area contributed by atoms with Crippen molar-refractivity contribution < 1.29 is 14.6 Å². The highest BCUT2D eigenvalue weighted by Crippen LogP contribution is 2.22. The number of carbonyl (C=O) groups excluding carboxylic acids is 1. The van der Waals surface area contributed by atoms with Gasteiger partial charge in [-0.1, -0.05) is 6.92 Å². The molecule has 0 radical (unpaired) electrons. The van der Waals surface area contributed by atoms with Crippen LogP contribution < -0.4 is 5.32 Å². The summed E-state index contributed by atoms with van der Waals surface area (Å²) in [6.45, 7) is 12.7. The highest BCUT2D eigenvalue weighted by Gasteiger charge is 2.30. The van der Waals surface area contributed by atoms with Crippen LogP contribution in [0.25, 0.3) is 0 Å². The molecule has 1 heterocycles. The fourth-order valence-corrected chi connectivity index (χ4v) is 2.79. The molecule has 0 aromatic rings. The van der Waals surface area contributed by atoms with Crippen LogP contribution in [0.4, 0.5) is 4.79 Å². The first-order valence-electron chi connectivity index (χ1n) is 8.55. The number of likely N-dealkylation sites (tertiary alicyclic amines) is 1. The van der Waals surface area contributed by atoms with Gasteiger partial charge in [0.25, 0.3) is 0 Å². The van der Waals surface area contributed by atoms with Crippen LogP contribution in [-0.4, -0.2) is 54.0 Å². The predicted molar refractivity (Wildman–Crippen MR) is 88.9 cm³/mol. The number of hydrogen-bond acceptors (Lipinski definition) is 4. The maximum absolute atomic E-state index is 12.2. The van der Waals surface area contributed by atoms with Crippen molar-refractivity contribution in [2.75, 3.05) is 26.2 Å². The van der Waals surface area contributed by atoms with Crippen LogP contribution in [0.3, 0.4) is 0 Å². The van der Waals surface area contributed by atoms with E-state index in [2.05, 4.69) is 19.2 Å². The number of nitrogens with zero attached hydrogens (tertiary/aromatic N) is 1. The van der Waals surface area contributed by atoms with E-state index in [1.165, 1.54) is 0 Å². The number of aliphatic hydroxyl groups is 1. The Bertz CT molecular complexity index is 341. The zero-order valence-electron chi connectivity index (χ0n) is 14.9. The minimum absolute atomic E-state index is 0.196. The average molecular weight is 314 g/mol. The van der Waals surface area contributed by atoms with Gasteiger partial charge in [-0.25, -0.2) is 4.79 Å². The predicted octanol–water partition coefficient (Wildman–Crippen LogP) is 2.63. The molecule has 3 atom stereocenters. The number of carbonyl (C=O) groups is 1. The largest absolute Gasteiger partial charge is 0.444 e. The lowest BCUT2D eigenvalue weighted by molar-refractivity contribution is 0.0147. The van der Waals surface area contributed by atoms with Crippen molar-refractivity contribution in [3.63, 3.8) is 0 Å². The zero-order chi connectivity index (χ0) is 16.8. The molecule has 22 heavy (non-hydrogen) atoms. The lowest BCUT2D eigenvalue weighted by Crippen LogP contribution is -2.48. The molecule has 1 amide bonds. The van der Waals surface area contributed by atoms with Crippen LogP contribution in [0.2, 0.25) is 0 Å². The molecule has 0 saturated carbocycles. The van der Waals surface area contributed by atoms with Crippen molar-refractivity contribution in [2.24, 2.45) is 11.8 Å². The van der Waals surface area contributed by atoms with E-state index in [0.717, 1.165) is 38.9 Å². The van der Waals surface area contributed by atoms with Gasteiger partial charge in [0.1, 0.15) is 5.60 Å². The quantitative estimate of drug-likeness (QED) is 0.791. The molecule has 1 saturated heterocycles. The van der Waals surface area contributed by atoms with Crippen LogP contribution in [0.5, 0.6) is 0 Å². The highest BCUT2D eigenvalue weighted by molar-refractivity contribution is 5.68. The van der Waals surface area contributed by atoms with Gasteiger partial charge in [0.05, 0.1) is 0 Å². The van der Waals surface area contributed by atoms with Crippen molar-refractivity contribution in [2.45, 2.75) is 65.5 Å². The molecule has 1 aliphatic heterocycles. The molecule has 0 spiro atoms. The third-order valence-corrected chi connectivity index (χ3v) is 4.23. The molecule has 0 aromatic heterocycles. The SMILES string of the molecule is CC(CCO)CNC(C)C1CCCN(C(=O)OC(C)(C)C)C1. The molecule has 130 valence electrons. The third-order valence-electron chi connectivity index (χ3n) is 4.23. The first-order valence-corrected chi connectivity index (χ1v) is 8.55. The van der Waals surface area contributed by atoms with Crippen LogP contribution in [0.15, 0.2) is 0 Å². The maximum Gasteiger partial charge on any atom is 0.410 e. The first kappa shape index (κ1) is 19.2. The molecule has 5 heteroatoms. The number of nitrogens with one attached hydrogen (secondary N) is 1. The second-order valence-corrected chi connectivity index (χ2v) is 7.64. The van der Waals surface area contributed by atoms with E-state index < -0.39 is 5.60 Å². The summed E-state index contributed by atoms with van der Waals surface area (Å²) in [6, 6.07) is 0.367. The van der Waals surface area contributed by atoms with Gasteiger partial charge in [-0.15, -0.1) is 0 Å². The van der Waals surface area contributed by atoms with Gasteiger partial charge < -0.3 is 20.1 Å². The molecule has 2 N–H and O–H groups in total. The third kappa shape index (κ3) is 6.97. The smallest absolute Gasteiger partial charge is 0.410 e. The Hall–Kier alpha value is -0.810. The summed E-state index contributed by atoms with van der Waals surface area (Å²) in [5.74, 6) is 0.931. The fourth-order valence-electron chi connectivity index (χ4n) is 2.79. The number of rotatable bonds is 6. The number of amides is 1. The van der Waals surface area contributed by atoms with Crippen molar-refractivity contribution in [3.8, 4) is 0 Å². The first-order chi connectivity index (χ1) is 10.2. The van der Waals surface area contributed by atoms with Gasteiger partial charge in [-0.2, -0.15) is 0 Å². The maximum atomic E-state index is 12.2. The van der Waals surface area contributed by atoms with Crippen LogP contribution in [0.1, 0.15) is 53.9 Å². The Morgan fingerprint density at radius 3 is 2.68 bits per heavy atom. The lowest BCUT2D eigenvalue weighted by atomic mass is 9.91. The molecular weight excluding hydrogens is 280 g/mol. The molecule has 1 rings (SSSR count). The summed E-state index contributed by atoms with van der Waals surface area (Å²) in [7, 11) is 0. The normalized spacial score (nSPS) is 22.3. The van der Waals surface area contributed by atoms with Crippen molar-refractivity contribution in [1.82, 2.24) is 10.2 Å². The molecule has 1 fully saturated rings. The second kappa shape index (κ2) is 8.73. The summed E-state index contributed by atoms with van der Waals surface area (Å²) in [6.07, 6.45) is 2.80. The monoisotopic (exact) mass is 314 g/mol. The number of aliphatic hydroxyl groups excluding tert-OH is 1.